The van der Waals surface area contributed by atoms with Crippen LogP contribution < -0.4 is 14.4 Å². The number of hydrogen-bond acceptors (Lipinski definition) is 10. The summed E-state index contributed by atoms with van der Waals surface area (Å²) in [5, 5.41) is 16.4. The first-order valence-corrected chi connectivity index (χ1v) is 14.3. The maximum absolute atomic E-state index is 13.0. The summed E-state index contributed by atoms with van der Waals surface area (Å²) < 4.78 is 65.3. The number of aromatic nitrogens is 2. The number of carbonyl (C=O) groups excluding carboxylic acids is 2. The van der Waals surface area contributed by atoms with Crippen molar-refractivity contribution in [2.45, 2.75) is 26.1 Å². The molecule has 0 unspecified atom stereocenters. The van der Waals surface area contributed by atoms with E-state index in [0.717, 1.165) is 13.2 Å². The van der Waals surface area contributed by atoms with Crippen molar-refractivity contribution < 1.29 is 46.3 Å². The first-order valence-electron chi connectivity index (χ1n) is 12.7. The Kier molecular flexibility index (Phi) is 12.2. The van der Waals surface area contributed by atoms with Crippen molar-refractivity contribution >= 4 is 57.8 Å². The molecule has 11 nitrogen and oxygen atoms in total. The predicted octanol–water partition coefficient (Wildman–Crippen LogP) is 8.00. The van der Waals surface area contributed by atoms with E-state index >= 15 is 0 Å². The quantitative estimate of drug-likeness (QED) is 0.0735. The molecule has 0 saturated carbocycles. The van der Waals surface area contributed by atoms with Gasteiger partial charge in [-0.2, -0.15) is 13.2 Å². The van der Waals surface area contributed by atoms with Crippen LogP contribution in [0.25, 0.3) is 0 Å². The van der Waals surface area contributed by atoms with Gasteiger partial charge in [0.1, 0.15) is 22.9 Å². The van der Waals surface area contributed by atoms with Crippen molar-refractivity contribution in [3.8, 4) is 16.7 Å². The molecule has 0 aliphatic heterocycles. The maximum atomic E-state index is 13.0. The van der Waals surface area contributed by atoms with E-state index < -0.39 is 40.4 Å². The zero-order valence-electron chi connectivity index (χ0n) is 23.9. The highest BCUT2D eigenvalue weighted by atomic mass is 35.5. The molecule has 3 aromatic carbocycles. The highest BCUT2D eigenvalue weighted by Crippen LogP contribution is 2.35. The molecule has 4 rings (SSSR count). The molecular weight excluding hydrogens is 683 g/mol. The summed E-state index contributed by atoms with van der Waals surface area (Å²) in [5.74, 6) is -1.27. The number of benzene rings is 3. The van der Waals surface area contributed by atoms with E-state index in [4.69, 9.17) is 32.7 Å². The SMILES string of the molecule is CC(C)N(C(=O)COc1nnc(C(F)(F)F)s1)c1ccc(F)cc1.COC(=O)c1cc(Oc2ccc(Cl)cc2Cl)ccc1[N+](=O)[O-]. The van der Waals surface area contributed by atoms with Crippen molar-refractivity contribution in [2.75, 3.05) is 18.6 Å². The molecule has 0 aliphatic carbocycles. The average molecular weight is 705 g/mol. The van der Waals surface area contributed by atoms with Crippen LogP contribution >= 0.6 is 34.5 Å². The molecule has 0 aliphatic rings. The number of rotatable bonds is 9. The van der Waals surface area contributed by atoms with Crippen molar-refractivity contribution in [1.29, 1.82) is 0 Å². The first kappa shape index (κ1) is 35.9. The number of methoxy groups -OCH3 is 1. The van der Waals surface area contributed by atoms with Gasteiger partial charge >= 0.3 is 12.1 Å². The number of nitro groups is 1. The molecule has 0 fully saturated rings. The zero-order valence-corrected chi connectivity index (χ0v) is 26.2. The van der Waals surface area contributed by atoms with Gasteiger partial charge in [0.25, 0.3) is 16.8 Å². The minimum Gasteiger partial charge on any atom is -0.465 e. The number of ether oxygens (including phenoxy) is 3. The average Bonchev–Trinajstić information content (AvgIpc) is 3.48. The second-order valence-corrected chi connectivity index (χ2v) is 10.9. The van der Waals surface area contributed by atoms with Crippen LogP contribution in [-0.2, 0) is 15.7 Å². The number of nitrogens with zero attached hydrogens (tertiary/aromatic N) is 4. The van der Waals surface area contributed by atoms with Crippen LogP contribution in [0.5, 0.6) is 16.7 Å². The largest absolute Gasteiger partial charge is 0.465 e. The van der Waals surface area contributed by atoms with Gasteiger partial charge < -0.3 is 19.1 Å². The third-order valence-electron chi connectivity index (χ3n) is 5.55. The second kappa shape index (κ2) is 15.6. The van der Waals surface area contributed by atoms with Crippen LogP contribution in [0.4, 0.5) is 28.9 Å². The molecule has 244 valence electrons. The Morgan fingerprint density at radius 3 is 2.26 bits per heavy atom. The maximum Gasteiger partial charge on any atom is 0.445 e. The van der Waals surface area contributed by atoms with E-state index in [9.17, 15) is 37.3 Å². The molecule has 46 heavy (non-hydrogen) atoms. The van der Waals surface area contributed by atoms with Crippen molar-refractivity contribution in [1.82, 2.24) is 10.2 Å². The highest BCUT2D eigenvalue weighted by molar-refractivity contribution is 7.13. The number of anilines is 1. The molecular formula is C28H22Cl2F4N4O7S. The number of esters is 1. The summed E-state index contributed by atoms with van der Waals surface area (Å²) in [5.41, 5.74) is -0.135. The summed E-state index contributed by atoms with van der Waals surface area (Å²) in [4.78, 5) is 35.5. The van der Waals surface area contributed by atoms with Crippen molar-refractivity contribution in [2.24, 2.45) is 0 Å². The monoisotopic (exact) mass is 704 g/mol. The normalized spacial score (nSPS) is 10.9. The smallest absolute Gasteiger partial charge is 0.445 e. The van der Waals surface area contributed by atoms with Crippen LogP contribution in [0.1, 0.15) is 29.2 Å². The van der Waals surface area contributed by atoms with Crippen molar-refractivity contribution in [3.05, 3.63) is 97.2 Å². The van der Waals surface area contributed by atoms with Gasteiger partial charge in [-0.15, -0.1) is 5.10 Å². The number of halogens is 6. The Morgan fingerprint density at radius 2 is 1.72 bits per heavy atom. The fourth-order valence-electron chi connectivity index (χ4n) is 3.60. The molecule has 1 amide bonds. The third kappa shape index (κ3) is 9.73. The van der Waals surface area contributed by atoms with Crippen LogP contribution in [0.3, 0.4) is 0 Å². The topological polar surface area (TPSA) is 134 Å². The molecule has 0 atom stereocenters. The lowest BCUT2D eigenvalue weighted by molar-refractivity contribution is -0.385. The Hall–Kier alpha value is -4.54. The van der Waals surface area contributed by atoms with Crippen LogP contribution in [-0.4, -0.2) is 46.8 Å². The predicted molar refractivity (Wildman–Crippen MR) is 160 cm³/mol. The third-order valence-corrected chi connectivity index (χ3v) is 6.96. The molecule has 0 bridgehead atoms. The Labute approximate surface area is 272 Å². The summed E-state index contributed by atoms with van der Waals surface area (Å²) in [6.45, 7) is 2.98. The summed E-state index contributed by atoms with van der Waals surface area (Å²) in [6, 6.07) is 13.4. The van der Waals surface area contributed by atoms with Gasteiger partial charge in [0.15, 0.2) is 6.61 Å². The van der Waals surface area contributed by atoms with E-state index in [0.29, 0.717) is 16.5 Å². The first-order chi connectivity index (χ1) is 21.6. The number of alkyl halides is 3. The van der Waals surface area contributed by atoms with E-state index in [-0.39, 0.29) is 44.6 Å². The lowest BCUT2D eigenvalue weighted by Gasteiger charge is -2.26. The van der Waals surface area contributed by atoms with Crippen LogP contribution in [0.15, 0.2) is 60.7 Å². The highest BCUT2D eigenvalue weighted by Gasteiger charge is 2.36. The fourth-order valence-corrected chi connectivity index (χ4v) is 4.61. The Morgan fingerprint density at radius 1 is 1.04 bits per heavy atom. The minimum atomic E-state index is -4.61. The Balaban J connectivity index is 0.000000251. The summed E-state index contributed by atoms with van der Waals surface area (Å²) in [6.07, 6.45) is -4.61. The number of hydrogen-bond donors (Lipinski definition) is 0. The van der Waals surface area contributed by atoms with Gasteiger partial charge in [0.05, 0.1) is 17.1 Å². The molecule has 1 heterocycles. The van der Waals surface area contributed by atoms with Gasteiger partial charge in [-0.1, -0.05) is 39.6 Å². The molecule has 0 N–H and O–H groups in total. The molecule has 1 aromatic heterocycles. The van der Waals surface area contributed by atoms with Crippen LogP contribution in [0.2, 0.25) is 10.0 Å². The standard InChI is InChI=1S/C14H9Cl2NO5.C14H13F4N3O2S/c1-21-14(18)10-7-9(3-4-12(10)17(19)20)22-13-5-2-8(15)6-11(13)16;1-8(2)21(10-5-3-9(15)4-6-10)11(22)7-23-13-20-19-12(24-13)14(16,17)18/h2-7H,1H3;3-6,8H,7H2,1-2H3. The van der Waals surface area contributed by atoms with E-state index in [2.05, 4.69) is 14.9 Å². The fraction of sp³-hybridized carbons (Fsp3) is 0.214. The van der Waals surface area contributed by atoms with E-state index in [1.54, 1.807) is 26.0 Å². The summed E-state index contributed by atoms with van der Waals surface area (Å²) >= 11 is 12.0. The second-order valence-electron chi connectivity index (χ2n) is 9.10. The van der Waals surface area contributed by atoms with Crippen molar-refractivity contribution in [3.63, 3.8) is 0 Å². The van der Waals surface area contributed by atoms with E-state index in [1.165, 1.54) is 47.4 Å². The lowest BCUT2D eigenvalue weighted by atomic mass is 10.1. The molecule has 0 radical (unpaired) electrons. The zero-order chi connectivity index (χ0) is 34.2. The van der Waals surface area contributed by atoms with Gasteiger partial charge in [-0.25, -0.2) is 9.18 Å². The minimum absolute atomic E-state index is 0.204. The molecule has 4 aromatic rings. The molecule has 0 saturated heterocycles. The molecule has 0 spiro atoms. The Bertz CT molecular complexity index is 1710. The summed E-state index contributed by atoms with van der Waals surface area (Å²) in [7, 11) is 1.13. The number of carbonyl (C=O) groups is 2. The number of nitro benzene ring substituents is 1. The van der Waals surface area contributed by atoms with Gasteiger partial charge in [-0.3, -0.25) is 14.9 Å². The van der Waals surface area contributed by atoms with E-state index in [1.807, 2.05) is 0 Å². The van der Waals surface area contributed by atoms with Gasteiger partial charge in [0.2, 0.25) is 5.01 Å². The number of amides is 1. The van der Waals surface area contributed by atoms with Gasteiger partial charge in [0, 0.05) is 28.9 Å². The van der Waals surface area contributed by atoms with Crippen LogP contribution in [0, 0.1) is 15.9 Å². The lowest BCUT2D eigenvalue weighted by Crippen LogP contribution is -2.40. The van der Waals surface area contributed by atoms with Gasteiger partial charge in [-0.05, 0) is 62.4 Å². The molecule has 18 heteroatoms.